The van der Waals surface area contributed by atoms with Gasteiger partial charge in [0.2, 0.25) is 5.91 Å². The molecule has 0 fully saturated rings. The molecule has 7 heteroatoms. The van der Waals surface area contributed by atoms with Crippen LogP contribution in [0.5, 0.6) is 0 Å². The second kappa shape index (κ2) is 7.61. The molecule has 0 radical (unpaired) electrons. The molecule has 6 nitrogen and oxygen atoms in total. The number of Topliss-reactive ketones (excluding diaryl/α,β-unsaturated/α-hetero) is 1. The second-order valence-corrected chi connectivity index (χ2v) is 7.16. The molecular formula is C17H22N4O2S. The third-order valence-corrected chi connectivity index (χ3v) is 5.10. The number of carbonyl (C=O) groups is 2. The molecule has 1 amide bonds. The van der Waals surface area contributed by atoms with E-state index in [0.717, 1.165) is 5.56 Å². The molecule has 0 spiro atoms. The molecule has 0 bridgehead atoms. The zero-order chi connectivity index (χ0) is 17.9. The van der Waals surface area contributed by atoms with Crippen molar-refractivity contribution >= 4 is 23.5 Å². The van der Waals surface area contributed by atoms with Gasteiger partial charge in [0.25, 0.3) is 0 Å². The van der Waals surface area contributed by atoms with Gasteiger partial charge >= 0.3 is 0 Å². The Morgan fingerprint density at radius 1 is 1.25 bits per heavy atom. The van der Waals surface area contributed by atoms with Crippen molar-refractivity contribution in [1.29, 1.82) is 0 Å². The Kier molecular flexibility index (Phi) is 5.77. The molecule has 2 rings (SSSR count). The van der Waals surface area contributed by atoms with Gasteiger partial charge in [0.15, 0.2) is 10.9 Å². The third-order valence-electron chi connectivity index (χ3n) is 3.96. The molecule has 0 aliphatic rings. The van der Waals surface area contributed by atoms with Gasteiger partial charge in [-0.15, -0.1) is 10.2 Å². The molecule has 24 heavy (non-hydrogen) atoms. The van der Waals surface area contributed by atoms with Gasteiger partial charge in [0, 0.05) is 25.5 Å². The lowest BCUT2D eigenvalue weighted by molar-refractivity contribution is -0.118. The average molecular weight is 346 g/mol. The first-order chi connectivity index (χ1) is 11.3. The van der Waals surface area contributed by atoms with Gasteiger partial charge in [-0.1, -0.05) is 23.9 Å². The molecule has 1 heterocycles. The number of ketones is 1. The highest BCUT2D eigenvalue weighted by Crippen LogP contribution is 2.25. The van der Waals surface area contributed by atoms with Crippen LogP contribution in [0.4, 0.5) is 0 Å². The van der Waals surface area contributed by atoms with Gasteiger partial charge in [-0.3, -0.25) is 9.59 Å². The Balaban J connectivity index is 2.08. The molecule has 0 aliphatic heterocycles. The van der Waals surface area contributed by atoms with Gasteiger partial charge in [0.1, 0.15) is 5.82 Å². The Morgan fingerprint density at radius 3 is 2.58 bits per heavy atom. The van der Waals surface area contributed by atoms with Crippen molar-refractivity contribution in [2.24, 2.45) is 12.8 Å². The van der Waals surface area contributed by atoms with Crippen molar-refractivity contribution in [2.75, 3.05) is 0 Å². The van der Waals surface area contributed by atoms with Gasteiger partial charge in [0.05, 0.1) is 5.25 Å². The average Bonchev–Trinajstić information content (AvgIpc) is 2.87. The predicted molar refractivity (Wildman–Crippen MR) is 94.1 cm³/mol. The van der Waals surface area contributed by atoms with Crippen LogP contribution in [0.1, 0.15) is 40.7 Å². The number of aromatic nitrogens is 3. The van der Waals surface area contributed by atoms with Crippen LogP contribution in [0, 0.1) is 13.8 Å². The monoisotopic (exact) mass is 346 g/mol. The van der Waals surface area contributed by atoms with E-state index in [2.05, 4.69) is 10.2 Å². The largest absolute Gasteiger partial charge is 0.370 e. The van der Waals surface area contributed by atoms with E-state index in [1.54, 1.807) is 4.57 Å². The Labute approximate surface area is 145 Å². The Hall–Kier alpha value is -2.15. The van der Waals surface area contributed by atoms with Crippen molar-refractivity contribution in [3.63, 3.8) is 0 Å². The second-order valence-electron chi connectivity index (χ2n) is 5.85. The predicted octanol–water partition coefficient (Wildman–Crippen LogP) is 2.21. The van der Waals surface area contributed by atoms with Crippen LogP contribution in [0.2, 0.25) is 0 Å². The summed E-state index contributed by atoms with van der Waals surface area (Å²) < 4.78 is 1.80. The maximum atomic E-state index is 12.6. The Bertz CT molecular complexity index is 770. The topological polar surface area (TPSA) is 90.9 Å². The smallest absolute Gasteiger partial charge is 0.217 e. The number of aryl methyl sites for hydroxylation is 3. The standard InChI is InChI=1S/C17H22N4O2S/c1-10-5-6-13(9-11(10)2)16(23)12(3)24-17-20-19-15(21(17)4)8-7-14(18)22/h5-6,9,12H,7-8H2,1-4H3,(H2,18,22)/t12-/m0/s1. The first kappa shape index (κ1) is 18.2. The van der Waals surface area contributed by atoms with E-state index in [4.69, 9.17) is 5.73 Å². The lowest BCUT2D eigenvalue weighted by Crippen LogP contribution is -2.15. The summed E-state index contributed by atoms with van der Waals surface area (Å²) in [5.74, 6) is 0.373. The summed E-state index contributed by atoms with van der Waals surface area (Å²) in [5.41, 5.74) is 8.13. The maximum Gasteiger partial charge on any atom is 0.217 e. The molecule has 2 aromatic rings. The van der Waals surface area contributed by atoms with Crippen LogP contribution in [-0.4, -0.2) is 31.7 Å². The van der Waals surface area contributed by atoms with E-state index < -0.39 is 0 Å². The maximum absolute atomic E-state index is 12.6. The van der Waals surface area contributed by atoms with Gasteiger partial charge < -0.3 is 10.3 Å². The molecule has 0 aliphatic carbocycles. The number of amides is 1. The molecular weight excluding hydrogens is 324 g/mol. The van der Waals surface area contributed by atoms with Crippen LogP contribution in [0.3, 0.4) is 0 Å². The summed E-state index contributed by atoms with van der Waals surface area (Å²) in [7, 11) is 1.83. The van der Waals surface area contributed by atoms with E-state index in [1.165, 1.54) is 17.3 Å². The van der Waals surface area contributed by atoms with Crippen LogP contribution in [-0.2, 0) is 18.3 Å². The number of thioether (sulfide) groups is 1. The van der Waals surface area contributed by atoms with E-state index in [1.807, 2.05) is 46.0 Å². The first-order valence-corrected chi connectivity index (χ1v) is 8.62. The number of nitrogens with zero attached hydrogens (tertiary/aromatic N) is 3. The number of hydrogen-bond acceptors (Lipinski definition) is 5. The van der Waals surface area contributed by atoms with Gasteiger partial charge in [-0.25, -0.2) is 0 Å². The normalized spacial score (nSPS) is 12.2. The van der Waals surface area contributed by atoms with Gasteiger partial charge in [-0.05, 0) is 38.0 Å². The van der Waals surface area contributed by atoms with Crippen molar-refractivity contribution in [1.82, 2.24) is 14.8 Å². The minimum absolute atomic E-state index is 0.0600. The molecule has 0 saturated carbocycles. The van der Waals surface area contributed by atoms with E-state index >= 15 is 0 Å². The van der Waals surface area contributed by atoms with Crippen molar-refractivity contribution < 1.29 is 9.59 Å². The van der Waals surface area contributed by atoms with Crippen LogP contribution < -0.4 is 5.73 Å². The fourth-order valence-corrected chi connectivity index (χ4v) is 3.15. The Morgan fingerprint density at radius 2 is 1.96 bits per heavy atom. The number of carbonyl (C=O) groups excluding carboxylic acids is 2. The molecule has 1 atom stereocenters. The highest BCUT2D eigenvalue weighted by molar-refractivity contribution is 8.00. The van der Waals surface area contributed by atoms with Gasteiger partial charge in [-0.2, -0.15) is 0 Å². The zero-order valence-corrected chi connectivity index (χ0v) is 15.2. The highest BCUT2D eigenvalue weighted by Gasteiger charge is 2.20. The minimum Gasteiger partial charge on any atom is -0.370 e. The number of benzene rings is 1. The summed E-state index contributed by atoms with van der Waals surface area (Å²) in [6, 6.07) is 5.74. The highest BCUT2D eigenvalue weighted by atomic mass is 32.2. The fraction of sp³-hybridized carbons (Fsp3) is 0.412. The first-order valence-electron chi connectivity index (χ1n) is 7.74. The number of hydrogen-bond donors (Lipinski definition) is 1. The van der Waals surface area contributed by atoms with Crippen molar-refractivity contribution in [2.45, 2.75) is 44.0 Å². The SMILES string of the molecule is Cc1ccc(C(=O)[C@H](C)Sc2nnc(CCC(N)=O)n2C)cc1C. The van der Waals surface area contributed by atoms with Crippen molar-refractivity contribution in [3.8, 4) is 0 Å². The molecule has 1 aromatic carbocycles. The number of rotatable bonds is 7. The number of primary amides is 1. The molecule has 128 valence electrons. The molecule has 0 unspecified atom stereocenters. The summed E-state index contributed by atoms with van der Waals surface area (Å²) in [5, 5.41) is 8.56. The molecule has 2 N–H and O–H groups in total. The minimum atomic E-state index is -0.370. The van der Waals surface area contributed by atoms with Crippen LogP contribution >= 0.6 is 11.8 Å². The van der Waals surface area contributed by atoms with Crippen LogP contribution in [0.25, 0.3) is 0 Å². The quantitative estimate of drug-likeness (QED) is 0.613. The third kappa shape index (κ3) is 4.23. The van der Waals surface area contributed by atoms with E-state index in [9.17, 15) is 9.59 Å². The summed E-state index contributed by atoms with van der Waals surface area (Å²) in [6.45, 7) is 5.88. The zero-order valence-electron chi connectivity index (χ0n) is 14.4. The van der Waals surface area contributed by atoms with E-state index in [0.29, 0.717) is 23.0 Å². The van der Waals surface area contributed by atoms with Crippen LogP contribution in [0.15, 0.2) is 23.4 Å². The molecule has 1 aromatic heterocycles. The lowest BCUT2D eigenvalue weighted by atomic mass is 10.0. The summed E-state index contributed by atoms with van der Waals surface area (Å²) in [4.78, 5) is 23.5. The van der Waals surface area contributed by atoms with Crippen molar-refractivity contribution in [3.05, 3.63) is 40.7 Å². The van der Waals surface area contributed by atoms with E-state index in [-0.39, 0.29) is 23.4 Å². The molecule has 0 saturated heterocycles. The summed E-state index contributed by atoms with van der Waals surface area (Å²) in [6.07, 6.45) is 0.673. The lowest BCUT2D eigenvalue weighted by Gasteiger charge is -2.11. The fourth-order valence-electron chi connectivity index (χ4n) is 2.24. The number of nitrogens with two attached hydrogens (primary N) is 1. The summed E-state index contributed by atoms with van der Waals surface area (Å²) >= 11 is 1.36.